The molecule has 0 amide bonds. The van der Waals surface area contributed by atoms with Crippen LogP contribution in [0.4, 0.5) is 0 Å². The minimum absolute atomic E-state index is 0.418. The SMILES string of the molecule is CCCCc1c(CCCC)c(CCCC)c2c(c1CCCC)C(=O)OC2=O. The number of rotatable bonds is 12. The molecular weight excluding hydrogens is 336 g/mol. The standard InChI is InChI=1S/C24H36O3/c1-5-9-13-17-18(14-10-6-2)20(16-12-8-4)22-21(19(17)15-11-7-3)23(25)27-24(22)26/h5-16H2,1-4H3. The molecule has 0 saturated carbocycles. The van der Waals surface area contributed by atoms with E-state index < -0.39 is 11.9 Å². The van der Waals surface area contributed by atoms with Gasteiger partial charge in [-0.15, -0.1) is 0 Å². The molecule has 0 aliphatic carbocycles. The van der Waals surface area contributed by atoms with Gasteiger partial charge in [0.2, 0.25) is 0 Å². The highest BCUT2D eigenvalue weighted by atomic mass is 16.6. The average molecular weight is 373 g/mol. The van der Waals surface area contributed by atoms with E-state index in [1.165, 1.54) is 11.1 Å². The summed E-state index contributed by atoms with van der Waals surface area (Å²) in [6.07, 6.45) is 12.5. The molecular formula is C24H36O3. The number of unbranched alkanes of at least 4 members (excludes halogenated alkanes) is 4. The van der Waals surface area contributed by atoms with Crippen LogP contribution in [0, 0.1) is 0 Å². The van der Waals surface area contributed by atoms with E-state index in [1.807, 2.05) is 0 Å². The quantitative estimate of drug-likeness (QED) is 0.316. The van der Waals surface area contributed by atoms with Crippen LogP contribution in [0.2, 0.25) is 0 Å². The molecule has 1 heterocycles. The Labute approximate surface area is 164 Å². The first-order chi connectivity index (χ1) is 13.1. The van der Waals surface area contributed by atoms with E-state index in [4.69, 9.17) is 4.74 Å². The van der Waals surface area contributed by atoms with Gasteiger partial charge in [0.1, 0.15) is 0 Å². The largest absolute Gasteiger partial charge is 0.386 e. The third-order valence-corrected chi connectivity index (χ3v) is 5.66. The molecule has 0 aromatic heterocycles. The lowest BCUT2D eigenvalue weighted by Gasteiger charge is -2.22. The third-order valence-electron chi connectivity index (χ3n) is 5.66. The number of cyclic esters (lactones) is 2. The van der Waals surface area contributed by atoms with Gasteiger partial charge in [-0.2, -0.15) is 0 Å². The fraction of sp³-hybridized carbons (Fsp3) is 0.667. The maximum Gasteiger partial charge on any atom is 0.347 e. The van der Waals surface area contributed by atoms with Crippen LogP contribution in [-0.4, -0.2) is 11.9 Å². The van der Waals surface area contributed by atoms with Crippen molar-refractivity contribution in [2.75, 3.05) is 0 Å². The lowest BCUT2D eigenvalue weighted by molar-refractivity contribution is 0.0443. The van der Waals surface area contributed by atoms with Gasteiger partial charge in [0.15, 0.2) is 0 Å². The van der Waals surface area contributed by atoms with E-state index in [2.05, 4.69) is 27.7 Å². The number of carbonyl (C=O) groups excluding carboxylic acids is 2. The molecule has 3 heteroatoms. The summed E-state index contributed by atoms with van der Waals surface area (Å²) < 4.78 is 5.11. The Bertz CT molecular complexity index is 616. The summed E-state index contributed by atoms with van der Waals surface area (Å²) in [5.74, 6) is -0.836. The van der Waals surface area contributed by atoms with E-state index in [0.717, 1.165) is 88.2 Å². The second kappa shape index (κ2) is 10.6. The molecule has 0 saturated heterocycles. The highest BCUT2D eigenvalue weighted by Gasteiger charge is 2.37. The molecule has 1 aliphatic heterocycles. The summed E-state index contributed by atoms with van der Waals surface area (Å²) in [4.78, 5) is 25.2. The Kier molecular flexibility index (Phi) is 8.53. The van der Waals surface area contributed by atoms with Crippen molar-refractivity contribution in [2.45, 2.75) is 105 Å². The number of hydrogen-bond donors (Lipinski definition) is 0. The summed E-state index contributed by atoms with van der Waals surface area (Å²) in [7, 11) is 0. The summed E-state index contributed by atoms with van der Waals surface area (Å²) in [6, 6.07) is 0. The number of carbonyl (C=O) groups is 2. The monoisotopic (exact) mass is 372 g/mol. The first-order valence-electron chi connectivity index (χ1n) is 11.1. The van der Waals surface area contributed by atoms with Crippen LogP contribution in [-0.2, 0) is 30.4 Å². The van der Waals surface area contributed by atoms with Crippen LogP contribution in [0.25, 0.3) is 0 Å². The van der Waals surface area contributed by atoms with Gasteiger partial charge in [0.25, 0.3) is 0 Å². The summed E-state index contributed by atoms with van der Waals surface area (Å²) >= 11 is 0. The van der Waals surface area contributed by atoms with Crippen molar-refractivity contribution in [3.05, 3.63) is 33.4 Å². The fourth-order valence-corrected chi connectivity index (χ4v) is 4.17. The van der Waals surface area contributed by atoms with Gasteiger partial charge >= 0.3 is 11.9 Å². The molecule has 2 rings (SSSR count). The van der Waals surface area contributed by atoms with Crippen LogP contribution in [0.1, 0.15) is 122 Å². The Balaban J connectivity index is 2.73. The van der Waals surface area contributed by atoms with Gasteiger partial charge in [-0.25, -0.2) is 9.59 Å². The lowest BCUT2D eigenvalue weighted by atomic mass is 9.80. The third kappa shape index (κ3) is 4.80. The summed E-state index contributed by atoms with van der Waals surface area (Å²) in [6.45, 7) is 8.76. The first-order valence-corrected chi connectivity index (χ1v) is 11.1. The van der Waals surface area contributed by atoms with E-state index in [-0.39, 0.29) is 0 Å². The van der Waals surface area contributed by atoms with Gasteiger partial charge in [-0.05, 0) is 73.6 Å². The Morgan fingerprint density at radius 3 is 1.11 bits per heavy atom. The normalized spacial score (nSPS) is 13.2. The molecule has 150 valence electrons. The predicted molar refractivity (Wildman–Crippen MR) is 111 cm³/mol. The molecule has 0 unspecified atom stereocenters. The number of fused-ring (bicyclic) bond motifs is 1. The van der Waals surface area contributed by atoms with Gasteiger partial charge < -0.3 is 4.74 Å². The minimum Gasteiger partial charge on any atom is -0.386 e. The van der Waals surface area contributed by atoms with Crippen LogP contribution >= 0.6 is 0 Å². The molecule has 3 nitrogen and oxygen atoms in total. The van der Waals surface area contributed by atoms with Crippen molar-refractivity contribution in [3.8, 4) is 0 Å². The lowest BCUT2D eigenvalue weighted by Crippen LogP contribution is -2.14. The zero-order valence-corrected chi connectivity index (χ0v) is 17.7. The van der Waals surface area contributed by atoms with Gasteiger partial charge in [-0.1, -0.05) is 53.4 Å². The maximum absolute atomic E-state index is 12.6. The van der Waals surface area contributed by atoms with E-state index in [9.17, 15) is 9.59 Å². The fourth-order valence-electron chi connectivity index (χ4n) is 4.17. The van der Waals surface area contributed by atoms with Crippen LogP contribution in [0.5, 0.6) is 0 Å². The average Bonchev–Trinajstić information content (AvgIpc) is 2.96. The molecule has 0 spiro atoms. The number of hydrogen-bond acceptors (Lipinski definition) is 3. The van der Waals surface area contributed by atoms with Crippen molar-refractivity contribution in [2.24, 2.45) is 0 Å². The van der Waals surface area contributed by atoms with Crippen LogP contribution in [0.3, 0.4) is 0 Å². The van der Waals surface area contributed by atoms with E-state index >= 15 is 0 Å². The topological polar surface area (TPSA) is 43.4 Å². The van der Waals surface area contributed by atoms with Crippen molar-refractivity contribution >= 4 is 11.9 Å². The number of ether oxygens (including phenoxy) is 1. The molecule has 0 bridgehead atoms. The molecule has 0 N–H and O–H groups in total. The smallest absolute Gasteiger partial charge is 0.347 e. The molecule has 1 aromatic rings. The summed E-state index contributed by atoms with van der Waals surface area (Å²) in [5.41, 5.74) is 6.15. The maximum atomic E-state index is 12.6. The molecule has 0 fully saturated rings. The van der Waals surface area contributed by atoms with Crippen molar-refractivity contribution in [1.82, 2.24) is 0 Å². The van der Waals surface area contributed by atoms with Crippen LogP contribution < -0.4 is 0 Å². The van der Waals surface area contributed by atoms with Crippen LogP contribution in [0.15, 0.2) is 0 Å². The second-order valence-corrected chi connectivity index (χ2v) is 7.76. The molecule has 1 aliphatic rings. The Morgan fingerprint density at radius 1 is 0.519 bits per heavy atom. The zero-order chi connectivity index (χ0) is 19.8. The Hall–Kier alpha value is -1.64. The predicted octanol–water partition coefficient (Wildman–Crippen LogP) is 6.37. The Morgan fingerprint density at radius 2 is 0.815 bits per heavy atom. The highest BCUT2D eigenvalue weighted by molar-refractivity contribution is 6.16. The van der Waals surface area contributed by atoms with Crippen molar-refractivity contribution < 1.29 is 14.3 Å². The zero-order valence-electron chi connectivity index (χ0n) is 17.7. The van der Waals surface area contributed by atoms with Gasteiger partial charge in [0, 0.05) is 0 Å². The van der Waals surface area contributed by atoms with Gasteiger partial charge in [-0.3, -0.25) is 0 Å². The first kappa shape index (κ1) is 21.7. The highest BCUT2D eigenvalue weighted by Crippen LogP contribution is 2.37. The molecule has 1 aromatic carbocycles. The number of esters is 2. The van der Waals surface area contributed by atoms with Crippen molar-refractivity contribution in [1.29, 1.82) is 0 Å². The van der Waals surface area contributed by atoms with E-state index in [0.29, 0.717) is 11.1 Å². The van der Waals surface area contributed by atoms with E-state index in [1.54, 1.807) is 0 Å². The molecule has 27 heavy (non-hydrogen) atoms. The second-order valence-electron chi connectivity index (χ2n) is 7.76. The van der Waals surface area contributed by atoms with Gasteiger partial charge in [0.05, 0.1) is 11.1 Å². The van der Waals surface area contributed by atoms with Crippen molar-refractivity contribution in [3.63, 3.8) is 0 Å². The molecule has 0 radical (unpaired) electrons. The summed E-state index contributed by atoms with van der Waals surface area (Å²) in [5, 5.41) is 0. The number of benzene rings is 1. The minimum atomic E-state index is -0.418. The molecule has 0 atom stereocenters.